The number of hydrogen-bond acceptors (Lipinski definition) is 6. The number of likely N-dealkylation sites (tertiary alicyclic amines) is 1. The highest BCUT2D eigenvalue weighted by atomic mass is 32.2. The Labute approximate surface area is 276 Å². The van der Waals surface area contributed by atoms with E-state index in [1.54, 1.807) is 28.6 Å². The standard InChI is InChI=1S/C36H44N4O4S2/c1-35(2)19-27-20-36(3,23-35)24-40(27)46(43,44)28-13-11-26(12-14-28)32(41)37-33-31(34(42)39-16-7-8-17-39)29-15-18-38(22-30(29)45-33)21-25-9-5-4-6-10-25/h4-6,9-14,27H,7-8,15-24H2,1-3H3,(H,37,41). The van der Waals surface area contributed by atoms with Crippen LogP contribution >= 0.6 is 11.3 Å². The smallest absolute Gasteiger partial charge is 0.257 e. The molecule has 46 heavy (non-hydrogen) atoms. The molecule has 1 N–H and O–H groups in total. The fourth-order valence-corrected chi connectivity index (χ4v) is 11.7. The van der Waals surface area contributed by atoms with Gasteiger partial charge in [0.25, 0.3) is 11.8 Å². The average Bonchev–Trinajstić information content (AvgIpc) is 3.73. The van der Waals surface area contributed by atoms with Crippen molar-refractivity contribution in [2.45, 2.75) is 83.3 Å². The SMILES string of the molecule is CC1(C)CC2CC(C)(CN2S(=O)(=O)c2ccc(C(=O)Nc3sc4c(c3C(=O)N3CCCC3)CCN(Cc3ccccc3)C4)cc2)C1. The number of nitrogens with zero attached hydrogens (tertiary/aromatic N) is 3. The Bertz CT molecular complexity index is 1750. The molecule has 2 amide bonds. The molecule has 4 heterocycles. The quantitative estimate of drug-likeness (QED) is 0.318. The second-order valence-electron chi connectivity index (χ2n) is 14.9. The van der Waals surface area contributed by atoms with Crippen LogP contribution in [0.5, 0.6) is 0 Å². The molecule has 0 spiro atoms. The molecule has 7 rings (SSSR count). The Morgan fingerprint density at radius 2 is 1.67 bits per heavy atom. The minimum absolute atomic E-state index is 0.00164. The molecule has 10 heteroatoms. The van der Waals surface area contributed by atoms with Crippen LogP contribution in [0.3, 0.4) is 0 Å². The molecule has 1 aromatic heterocycles. The zero-order valence-corrected chi connectivity index (χ0v) is 28.7. The van der Waals surface area contributed by atoms with Crippen molar-refractivity contribution in [3.8, 4) is 0 Å². The molecule has 3 aliphatic heterocycles. The minimum Gasteiger partial charge on any atom is -0.339 e. The van der Waals surface area contributed by atoms with Gasteiger partial charge in [0, 0.05) is 55.8 Å². The fourth-order valence-electron chi connectivity index (χ4n) is 8.60. The van der Waals surface area contributed by atoms with Crippen LogP contribution in [0, 0.1) is 10.8 Å². The largest absolute Gasteiger partial charge is 0.339 e. The van der Waals surface area contributed by atoms with Crippen molar-refractivity contribution in [2.75, 3.05) is 31.5 Å². The molecule has 4 aliphatic rings. The molecule has 244 valence electrons. The van der Waals surface area contributed by atoms with Gasteiger partial charge in [0.1, 0.15) is 5.00 Å². The number of amides is 2. The van der Waals surface area contributed by atoms with Crippen molar-refractivity contribution in [1.29, 1.82) is 0 Å². The van der Waals surface area contributed by atoms with Crippen molar-refractivity contribution in [3.05, 3.63) is 81.7 Å². The second kappa shape index (κ2) is 11.9. The first-order chi connectivity index (χ1) is 21.9. The Morgan fingerprint density at radius 3 is 2.39 bits per heavy atom. The number of rotatable bonds is 7. The lowest BCUT2D eigenvalue weighted by molar-refractivity contribution is 0.0792. The van der Waals surface area contributed by atoms with E-state index in [0.29, 0.717) is 22.7 Å². The number of fused-ring (bicyclic) bond motifs is 3. The number of carbonyl (C=O) groups is 2. The number of sulfonamides is 1. The lowest BCUT2D eigenvalue weighted by Gasteiger charge is -2.39. The molecule has 1 aliphatic carbocycles. The van der Waals surface area contributed by atoms with Gasteiger partial charge < -0.3 is 10.2 Å². The molecular formula is C36H44N4O4S2. The van der Waals surface area contributed by atoms with Gasteiger partial charge in [-0.3, -0.25) is 14.5 Å². The van der Waals surface area contributed by atoms with Gasteiger partial charge in [0.05, 0.1) is 10.5 Å². The molecular weight excluding hydrogens is 617 g/mol. The van der Waals surface area contributed by atoms with E-state index in [1.165, 1.54) is 16.9 Å². The number of carbonyl (C=O) groups excluding carboxylic acids is 2. The van der Waals surface area contributed by atoms with Gasteiger partial charge in [0.2, 0.25) is 10.0 Å². The second-order valence-corrected chi connectivity index (χ2v) is 17.9. The van der Waals surface area contributed by atoms with E-state index in [-0.39, 0.29) is 33.6 Å². The van der Waals surface area contributed by atoms with Gasteiger partial charge in [0.15, 0.2) is 0 Å². The monoisotopic (exact) mass is 660 g/mol. The molecule has 2 bridgehead atoms. The molecule has 2 unspecified atom stereocenters. The molecule has 2 aromatic carbocycles. The van der Waals surface area contributed by atoms with Gasteiger partial charge in [-0.25, -0.2) is 8.42 Å². The lowest BCUT2D eigenvalue weighted by Crippen LogP contribution is -2.37. The van der Waals surface area contributed by atoms with Gasteiger partial charge in [-0.15, -0.1) is 11.3 Å². The number of thiophene rings is 1. The van der Waals surface area contributed by atoms with Crippen LogP contribution in [0.2, 0.25) is 0 Å². The van der Waals surface area contributed by atoms with Gasteiger partial charge in [-0.05, 0) is 84.7 Å². The van der Waals surface area contributed by atoms with E-state index in [9.17, 15) is 18.0 Å². The Balaban J connectivity index is 1.11. The normalized spacial score (nSPS) is 24.6. The van der Waals surface area contributed by atoms with Gasteiger partial charge >= 0.3 is 0 Å². The van der Waals surface area contributed by atoms with Crippen molar-refractivity contribution in [1.82, 2.24) is 14.1 Å². The van der Waals surface area contributed by atoms with Crippen LogP contribution in [0.15, 0.2) is 59.5 Å². The van der Waals surface area contributed by atoms with Gasteiger partial charge in [-0.2, -0.15) is 4.31 Å². The summed E-state index contributed by atoms with van der Waals surface area (Å²) in [5.74, 6) is -0.346. The predicted octanol–water partition coefficient (Wildman–Crippen LogP) is 6.38. The number of hydrogen-bond donors (Lipinski definition) is 1. The molecule has 2 saturated heterocycles. The molecule has 8 nitrogen and oxygen atoms in total. The summed E-state index contributed by atoms with van der Waals surface area (Å²) in [7, 11) is -3.69. The van der Waals surface area contributed by atoms with Crippen LogP contribution in [0.1, 0.15) is 89.6 Å². The zero-order valence-electron chi connectivity index (χ0n) is 27.0. The van der Waals surface area contributed by atoms with E-state index in [4.69, 9.17) is 0 Å². The van der Waals surface area contributed by atoms with Crippen molar-refractivity contribution in [2.24, 2.45) is 10.8 Å². The predicted molar refractivity (Wildman–Crippen MR) is 182 cm³/mol. The summed E-state index contributed by atoms with van der Waals surface area (Å²) in [5, 5.41) is 3.65. The highest BCUT2D eigenvalue weighted by Crippen LogP contribution is 2.53. The lowest BCUT2D eigenvalue weighted by atomic mass is 9.65. The van der Waals surface area contributed by atoms with Crippen molar-refractivity contribution in [3.63, 3.8) is 0 Å². The first kappa shape index (κ1) is 31.5. The van der Waals surface area contributed by atoms with Crippen LogP contribution in [0.4, 0.5) is 5.00 Å². The summed E-state index contributed by atoms with van der Waals surface area (Å²) in [5.41, 5.74) is 3.40. The van der Waals surface area contributed by atoms with Crippen LogP contribution in [-0.2, 0) is 29.5 Å². The Hall–Kier alpha value is -3.05. The fraction of sp³-hybridized carbons (Fsp3) is 0.500. The summed E-state index contributed by atoms with van der Waals surface area (Å²) in [6.45, 7) is 11.1. The molecule has 3 aromatic rings. The molecule has 2 atom stereocenters. The highest BCUT2D eigenvalue weighted by molar-refractivity contribution is 7.89. The molecule has 3 fully saturated rings. The van der Waals surface area contributed by atoms with Crippen LogP contribution < -0.4 is 5.32 Å². The number of anilines is 1. The maximum Gasteiger partial charge on any atom is 0.257 e. The van der Waals surface area contributed by atoms with E-state index in [2.05, 4.69) is 55.3 Å². The first-order valence-corrected chi connectivity index (χ1v) is 18.8. The summed E-state index contributed by atoms with van der Waals surface area (Å²) in [4.78, 5) is 33.0. The van der Waals surface area contributed by atoms with Crippen LogP contribution in [0.25, 0.3) is 0 Å². The Kier molecular flexibility index (Phi) is 8.15. The Morgan fingerprint density at radius 1 is 0.957 bits per heavy atom. The third kappa shape index (κ3) is 6.05. The van der Waals surface area contributed by atoms with Gasteiger partial charge in [-0.1, -0.05) is 51.1 Å². The van der Waals surface area contributed by atoms with E-state index in [1.807, 2.05) is 11.0 Å². The van der Waals surface area contributed by atoms with E-state index in [0.717, 1.165) is 81.7 Å². The van der Waals surface area contributed by atoms with Crippen LogP contribution in [-0.4, -0.2) is 66.6 Å². The maximum atomic E-state index is 13.8. The van der Waals surface area contributed by atoms with Crippen molar-refractivity contribution >= 4 is 38.2 Å². The average molecular weight is 661 g/mol. The third-order valence-corrected chi connectivity index (χ3v) is 13.4. The summed E-state index contributed by atoms with van der Waals surface area (Å²) < 4.78 is 29.3. The number of nitrogens with one attached hydrogen (secondary N) is 1. The zero-order chi connectivity index (χ0) is 32.3. The topological polar surface area (TPSA) is 90.0 Å². The summed E-state index contributed by atoms with van der Waals surface area (Å²) in [6, 6.07) is 16.7. The summed E-state index contributed by atoms with van der Waals surface area (Å²) in [6.07, 6.45) is 5.51. The third-order valence-electron chi connectivity index (χ3n) is 10.3. The minimum atomic E-state index is -3.69. The summed E-state index contributed by atoms with van der Waals surface area (Å²) >= 11 is 1.50. The van der Waals surface area contributed by atoms with E-state index < -0.39 is 10.0 Å². The molecule has 1 saturated carbocycles. The first-order valence-electron chi connectivity index (χ1n) is 16.5. The van der Waals surface area contributed by atoms with Crippen molar-refractivity contribution < 1.29 is 18.0 Å². The van der Waals surface area contributed by atoms with E-state index >= 15 is 0 Å². The number of benzene rings is 2. The highest BCUT2D eigenvalue weighted by Gasteiger charge is 2.53. The maximum absolute atomic E-state index is 13.8. The molecule has 0 radical (unpaired) electrons.